The highest BCUT2D eigenvalue weighted by atomic mass is 16.2. The average molecular weight is 476 g/mol. The highest BCUT2D eigenvalue weighted by Crippen LogP contribution is 2.29. The Hall–Kier alpha value is -3.73. The summed E-state index contributed by atoms with van der Waals surface area (Å²) < 4.78 is 0. The van der Waals surface area contributed by atoms with E-state index in [1.165, 1.54) is 11.1 Å². The maximum absolute atomic E-state index is 13.2. The Morgan fingerprint density at radius 2 is 0.972 bits per heavy atom. The van der Waals surface area contributed by atoms with Crippen LogP contribution in [-0.4, -0.2) is 48.4 Å². The molecule has 4 heteroatoms. The van der Waals surface area contributed by atoms with Crippen molar-refractivity contribution in [1.29, 1.82) is 0 Å². The molecule has 36 heavy (non-hydrogen) atoms. The number of carbonyl (C=O) groups excluding carboxylic acids is 1. The van der Waals surface area contributed by atoms with Crippen LogP contribution in [0.4, 0.5) is 0 Å². The van der Waals surface area contributed by atoms with Gasteiger partial charge in [0.25, 0.3) is 0 Å². The molecule has 1 heterocycles. The molecule has 0 atom stereocenters. The molecule has 4 aromatic rings. The number of nitrogens with one attached hydrogen (secondary N) is 1. The third-order valence-corrected chi connectivity index (χ3v) is 6.99. The molecule has 0 saturated carbocycles. The van der Waals surface area contributed by atoms with Crippen molar-refractivity contribution >= 4 is 5.91 Å². The van der Waals surface area contributed by atoms with Gasteiger partial charge in [-0.25, -0.2) is 0 Å². The lowest BCUT2D eigenvalue weighted by Crippen LogP contribution is -2.51. The van der Waals surface area contributed by atoms with Gasteiger partial charge in [0.1, 0.15) is 0 Å². The van der Waals surface area contributed by atoms with Crippen LogP contribution < -0.4 is 5.32 Å². The Morgan fingerprint density at radius 1 is 0.583 bits per heavy atom. The summed E-state index contributed by atoms with van der Waals surface area (Å²) in [6.45, 7) is 3.48. The standard InChI is InChI=1S/C32H33N3O/c36-30(25-33-31(26-13-5-1-6-14-26)27-15-7-2-8-16-27)34-21-23-35(24-22-34)32(28-17-9-3-10-18-28)29-19-11-4-12-20-29/h1-20,31-33H,21-25H2. The molecule has 1 aliphatic heterocycles. The third-order valence-electron chi connectivity index (χ3n) is 6.99. The zero-order valence-electron chi connectivity index (χ0n) is 20.5. The van der Waals surface area contributed by atoms with E-state index in [9.17, 15) is 4.79 Å². The number of amides is 1. The van der Waals surface area contributed by atoms with E-state index in [1.54, 1.807) is 0 Å². The van der Waals surface area contributed by atoms with Crippen molar-refractivity contribution in [1.82, 2.24) is 15.1 Å². The molecule has 1 amide bonds. The van der Waals surface area contributed by atoms with Crippen molar-refractivity contribution in [3.63, 3.8) is 0 Å². The molecule has 5 rings (SSSR count). The van der Waals surface area contributed by atoms with Gasteiger partial charge in [-0.1, -0.05) is 121 Å². The molecule has 0 radical (unpaired) electrons. The summed E-state index contributed by atoms with van der Waals surface area (Å²) in [4.78, 5) is 17.7. The summed E-state index contributed by atoms with van der Waals surface area (Å²) in [6, 6.07) is 42.2. The van der Waals surface area contributed by atoms with Crippen LogP contribution in [-0.2, 0) is 4.79 Å². The average Bonchev–Trinajstić information content (AvgIpc) is 2.96. The summed E-state index contributed by atoms with van der Waals surface area (Å²) >= 11 is 0. The van der Waals surface area contributed by atoms with Crippen molar-refractivity contribution < 1.29 is 4.79 Å². The predicted octanol–water partition coefficient (Wildman–Crippen LogP) is 5.30. The fourth-order valence-corrected chi connectivity index (χ4v) is 5.13. The van der Waals surface area contributed by atoms with Crippen LogP contribution in [0.15, 0.2) is 121 Å². The third kappa shape index (κ3) is 5.73. The molecule has 0 aliphatic carbocycles. The van der Waals surface area contributed by atoms with Crippen LogP contribution in [0.25, 0.3) is 0 Å². The normalized spacial score (nSPS) is 14.3. The molecular weight excluding hydrogens is 442 g/mol. The Morgan fingerprint density at radius 3 is 1.39 bits per heavy atom. The van der Waals surface area contributed by atoms with E-state index in [1.807, 2.05) is 41.3 Å². The Kier molecular flexibility index (Phi) is 7.86. The second-order valence-corrected chi connectivity index (χ2v) is 9.28. The Bertz CT molecular complexity index is 1130. The number of hydrogen-bond acceptors (Lipinski definition) is 3. The van der Waals surface area contributed by atoms with E-state index in [-0.39, 0.29) is 18.0 Å². The number of rotatable bonds is 8. The summed E-state index contributed by atoms with van der Waals surface area (Å²) in [5.74, 6) is 0.155. The largest absolute Gasteiger partial charge is 0.339 e. The van der Waals surface area contributed by atoms with Crippen molar-refractivity contribution in [3.05, 3.63) is 144 Å². The first kappa shape index (κ1) is 24.0. The van der Waals surface area contributed by atoms with Gasteiger partial charge >= 0.3 is 0 Å². The fourth-order valence-electron chi connectivity index (χ4n) is 5.13. The second-order valence-electron chi connectivity index (χ2n) is 9.28. The topological polar surface area (TPSA) is 35.6 Å². The van der Waals surface area contributed by atoms with Gasteiger partial charge in [0.05, 0.1) is 18.6 Å². The van der Waals surface area contributed by atoms with Gasteiger partial charge in [0.2, 0.25) is 5.91 Å². The lowest BCUT2D eigenvalue weighted by molar-refractivity contribution is -0.132. The molecule has 0 aromatic heterocycles. The molecule has 1 aliphatic rings. The molecule has 1 fully saturated rings. The van der Waals surface area contributed by atoms with E-state index in [0.717, 1.165) is 37.3 Å². The molecule has 0 unspecified atom stereocenters. The van der Waals surface area contributed by atoms with Gasteiger partial charge in [-0.2, -0.15) is 0 Å². The highest BCUT2D eigenvalue weighted by Gasteiger charge is 2.28. The molecular formula is C32H33N3O. The number of hydrogen-bond donors (Lipinski definition) is 1. The summed E-state index contributed by atoms with van der Waals surface area (Å²) in [5.41, 5.74) is 4.90. The SMILES string of the molecule is O=C(CNC(c1ccccc1)c1ccccc1)N1CCN(C(c2ccccc2)c2ccccc2)CC1. The number of carbonyl (C=O) groups is 1. The molecule has 4 aromatic carbocycles. The van der Waals surface area contributed by atoms with Gasteiger partial charge < -0.3 is 4.90 Å². The number of nitrogens with zero attached hydrogens (tertiary/aromatic N) is 2. The maximum Gasteiger partial charge on any atom is 0.236 e. The molecule has 1 N–H and O–H groups in total. The minimum Gasteiger partial charge on any atom is -0.339 e. The van der Waals surface area contributed by atoms with Crippen LogP contribution in [0.3, 0.4) is 0 Å². The minimum absolute atomic E-state index is 0.0156. The zero-order chi connectivity index (χ0) is 24.6. The van der Waals surface area contributed by atoms with E-state index >= 15 is 0 Å². The maximum atomic E-state index is 13.2. The van der Waals surface area contributed by atoms with E-state index in [0.29, 0.717) is 6.54 Å². The fraction of sp³-hybridized carbons (Fsp3) is 0.219. The first-order valence-electron chi connectivity index (χ1n) is 12.7. The highest BCUT2D eigenvalue weighted by molar-refractivity contribution is 5.78. The van der Waals surface area contributed by atoms with Gasteiger partial charge in [-0.15, -0.1) is 0 Å². The van der Waals surface area contributed by atoms with Gasteiger partial charge in [0.15, 0.2) is 0 Å². The monoisotopic (exact) mass is 475 g/mol. The summed E-state index contributed by atoms with van der Waals surface area (Å²) in [7, 11) is 0. The van der Waals surface area contributed by atoms with E-state index in [2.05, 4.69) is 95.1 Å². The zero-order valence-corrected chi connectivity index (χ0v) is 20.5. The lowest BCUT2D eigenvalue weighted by atomic mass is 9.96. The second kappa shape index (κ2) is 11.8. The molecule has 182 valence electrons. The number of piperazine rings is 1. The lowest BCUT2D eigenvalue weighted by Gasteiger charge is -2.40. The Labute approximate surface area is 214 Å². The molecule has 4 nitrogen and oxygen atoms in total. The Balaban J connectivity index is 1.24. The van der Waals surface area contributed by atoms with Gasteiger partial charge in [0, 0.05) is 26.2 Å². The van der Waals surface area contributed by atoms with Crippen molar-refractivity contribution in [2.24, 2.45) is 0 Å². The van der Waals surface area contributed by atoms with Gasteiger partial charge in [-0.05, 0) is 22.3 Å². The van der Waals surface area contributed by atoms with E-state index < -0.39 is 0 Å². The predicted molar refractivity (Wildman–Crippen MR) is 146 cm³/mol. The van der Waals surface area contributed by atoms with Crippen LogP contribution in [0.2, 0.25) is 0 Å². The van der Waals surface area contributed by atoms with Crippen LogP contribution in [0.1, 0.15) is 34.3 Å². The van der Waals surface area contributed by atoms with Crippen molar-refractivity contribution in [2.45, 2.75) is 12.1 Å². The number of benzene rings is 4. The molecule has 0 spiro atoms. The van der Waals surface area contributed by atoms with Gasteiger partial charge in [-0.3, -0.25) is 15.0 Å². The summed E-state index contributed by atoms with van der Waals surface area (Å²) in [5, 5.41) is 3.53. The quantitative estimate of drug-likeness (QED) is 0.376. The molecule has 1 saturated heterocycles. The van der Waals surface area contributed by atoms with Crippen LogP contribution in [0.5, 0.6) is 0 Å². The summed E-state index contributed by atoms with van der Waals surface area (Å²) in [6.07, 6.45) is 0. The van der Waals surface area contributed by atoms with Crippen LogP contribution >= 0.6 is 0 Å². The smallest absolute Gasteiger partial charge is 0.236 e. The van der Waals surface area contributed by atoms with E-state index in [4.69, 9.17) is 0 Å². The first-order valence-corrected chi connectivity index (χ1v) is 12.7. The minimum atomic E-state index is -0.0156. The van der Waals surface area contributed by atoms with Crippen molar-refractivity contribution in [3.8, 4) is 0 Å². The van der Waals surface area contributed by atoms with Crippen molar-refractivity contribution in [2.75, 3.05) is 32.7 Å². The molecule has 0 bridgehead atoms. The first-order chi connectivity index (χ1) is 17.8. The van der Waals surface area contributed by atoms with Crippen LogP contribution in [0, 0.1) is 0 Å².